The predicted molar refractivity (Wildman–Crippen MR) is 72.1 cm³/mol. The number of benzene rings is 1. The molecule has 0 radical (unpaired) electrons. The van der Waals surface area contributed by atoms with Crippen LogP contribution < -0.4 is 10.1 Å². The Morgan fingerprint density at radius 1 is 1.45 bits per heavy atom. The van der Waals surface area contributed by atoms with Crippen LogP contribution in [0.4, 0.5) is 4.39 Å². The van der Waals surface area contributed by atoms with E-state index in [1.807, 2.05) is 0 Å². The standard InChI is InChI=1S/C13H16FNO4S/c1-13(5-6-20(17,18)8-13)15-12(16)9-3-4-11(19-2)10(14)7-9/h3-4,7H,5-6,8H2,1-2H3,(H,15,16)/t13-/m0/s1. The number of halogens is 1. The summed E-state index contributed by atoms with van der Waals surface area (Å²) in [7, 11) is -1.77. The van der Waals surface area contributed by atoms with E-state index in [-0.39, 0.29) is 22.8 Å². The number of hydrogen-bond acceptors (Lipinski definition) is 4. The first-order valence-corrected chi connectivity index (χ1v) is 7.93. The lowest BCUT2D eigenvalue weighted by atomic mass is 10.0. The van der Waals surface area contributed by atoms with Crippen LogP contribution in [0, 0.1) is 5.82 Å². The number of methoxy groups -OCH3 is 1. The fraction of sp³-hybridized carbons (Fsp3) is 0.462. The van der Waals surface area contributed by atoms with Crippen LogP contribution in [-0.2, 0) is 9.84 Å². The Kier molecular flexibility index (Phi) is 3.73. The first kappa shape index (κ1) is 14.8. The van der Waals surface area contributed by atoms with Crippen molar-refractivity contribution in [3.05, 3.63) is 29.6 Å². The zero-order valence-electron chi connectivity index (χ0n) is 11.3. The van der Waals surface area contributed by atoms with E-state index in [2.05, 4.69) is 5.32 Å². The van der Waals surface area contributed by atoms with Crippen molar-refractivity contribution in [1.82, 2.24) is 5.32 Å². The van der Waals surface area contributed by atoms with Gasteiger partial charge in [0.15, 0.2) is 21.4 Å². The second-order valence-corrected chi connectivity index (χ2v) is 7.39. The van der Waals surface area contributed by atoms with Crippen molar-refractivity contribution in [2.24, 2.45) is 0 Å². The molecule has 1 aromatic rings. The maximum atomic E-state index is 13.5. The quantitative estimate of drug-likeness (QED) is 0.909. The summed E-state index contributed by atoms with van der Waals surface area (Å²) >= 11 is 0. The summed E-state index contributed by atoms with van der Waals surface area (Å²) in [6.45, 7) is 1.68. The summed E-state index contributed by atoms with van der Waals surface area (Å²) in [6, 6.07) is 3.86. The van der Waals surface area contributed by atoms with E-state index in [4.69, 9.17) is 4.74 Å². The number of carbonyl (C=O) groups excluding carboxylic acids is 1. The van der Waals surface area contributed by atoms with Gasteiger partial charge < -0.3 is 10.1 Å². The lowest BCUT2D eigenvalue weighted by molar-refractivity contribution is 0.0915. The van der Waals surface area contributed by atoms with Gasteiger partial charge in [0.2, 0.25) is 0 Å². The van der Waals surface area contributed by atoms with Crippen LogP contribution in [0.15, 0.2) is 18.2 Å². The number of nitrogens with one attached hydrogen (secondary N) is 1. The number of rotatable bonds is 3. The number of carbonyl (C=O) groups is 1. The molecule has 1 atom stereocenters. The Balaban J connectivity index is 2.15. The average Bonchev–Trinajstić information content (AvgIpc) is 2.63. The molecule has 1 aliphatic heterocycles. The van der Waals surface area contributed by atoms with Crippen molar-refractivity contribution >= 4 is 15.7 Å². The minimum Gasteiger partial charge on any atom is -0.494 e. The molecular weight excluding hydrogens is 285 g/mol. The molecule has 110 valence electrons. The molecule has 1 aromatic carbocycles. The molecule has 0 unspecified atom stereocenters. The molecule has 5 nitrogen and oxygen atoms in total. The second-order valence-electron chi connectivity index (χ2n) is 5.21. The predicted octanol–water partition coefficient (Wildman–Crippen LogP) is 1.14. The number of amides is 1. The van der Waals surface area contributed by atoms with Gasteiger partial charge in [-0.05, 0) is 31.5 Å². The summed E-state index contributed by atoms with van der Waals surface area (Å²) in [6.07, 6.45) is 0.361. The first-order valence-electron chi connectivity index (χ1n) is 6.11. The van der Waals surface area contributed by atoms with Gasteiger partial charge in [-0.3, -0.25) is 4.79 Å². The Hall–Kier alpha value is -1.63. The van der Waals surface area contributed by atoms with E-state index in [0.717, 1.165) is 6.07 Å². The normalized spacial score (nSPS) is 24.4. The molecule has 1 aliphatic rings. The van der Waals surface area contributed by atoms with Gasteiger partial charge in [-0.15, -0.1) is 0 Å². The number of hydrogen-bond donors (Lipinski definition) is 1. The lowest BCUT2D eigenvalue weighted by Crippen LogP contribution is -2.46. The van der Waals surface area contributed by atoms with Gasteiger partial charge in [0.05, 0.1) is 24.2 Å². The van der Waals surface area contributed by atoms with Crippen molar-refractivity contribution in [3.63, 3.8) is 0 Å². The summed E-state index contributed by atoms with van der Waals surface area (Å²) in [5.41, 5.74) is -0.666. The van der Waals surface area contributed by atoms with Gasteiger partial charge in [0.25, 0.3) is 5.91 Å². The molecule has 2 rings (SSSR count). The van der Waals surface area contributed by atoms with Crippen LogP contribution in [-0.4, -0.2) is 38.5 Å². The van der Waals surface area contributed by atoms with E-state index in [9.17, 15) is 17.6 Å². The van der Waals surface area contributed by atoms with Gasteiger partial charge in [0.1, 0.15) is 0 Å². The van der Waals surface area contributed by atoms with Crippen molar-refractivity contribution in [2.45, 2.75) is 18.9 Å². The summed E-state index contributed by atoms with van der Waals surface area (Å²) < 4.78 is 41.3. The fourth-order valence-electron chi connectivity index (χ4n) is 2.26. The zero-order valence-corrected chi connectivity index (χ0v) is 12.1. The Morgan fingerprint density at radius 2 is 2.15 bits per heavy atom. The molecule has 0 saturated carbocycles. The van der Waals surface area contributed by atoms with Gasteiger partial charge in [0, 0.05) is 5.56 Å². The molecule has 0 bridgehead atoms. The topological polar surface area (TPSA) is 72.5 Å². The SMILES string of the molecule is COc1ccc(C(=O)N[C@@]2(C)CCS(=O)(=O)C2)cc1F. The Labute approximate surface area is 117 Å². The second kappa shape index (κ2) is 5.05. The molecule has 7 heteroatoms. The third-order valence-electron chi connectivity index (χ3n) is 3.33. The van der Waals surface area contributed by atoms with Crippen LogP contribution in [0.25, 0.3) is 0 Å². The van der Waals surface area contributed by atoms with E-state index >= 15 is 0 Å². The fourth-order valence-corrected chi connectivity index (χ4v) is 4.36. The highest BCUT2D eigenvalue weighted by Crippen LogP contribution is 2.24. The molecule has 1 saturated heterocycles. The number of ether oxygens (including phenoxy) is 1. The third-order valence-corrected chi connectivity index (χ3v) is 5.24. The molecule has 1 heterocycles. The molecular formula is C13H16FNO4S. The highest BCUT2D eigenvalue weighted by atomic mass is 32.2. The smallest absolute Gasteiger partial charge is 0.251 e. The largest absolute Gasteiger partial charge is 0.494 e. The Morgan fingerprint density at radius 3 is 2.65 bits per heavy atom. The van der Waals surface area contributed by atoms with Gasteiger partial charge >= 0.3 is 0 Å². The zero-order chi connectivity index (χ0) is 15.0. The minimum atomic E-state index is -3.11. The molecule has 1 fully saturated rings. The highest BCUT2D eigenvalue weighted by Gasteiger charge is 2.39. The van der Waals surface area contributed by atoms with E-state index in [1.165, 1.54) is 19.2 Å². The van der Waals surface area contributed by atoms with Gasteiger partial charge in [-0.1, -0.05) is 0 Å². The van der Waals surface area contributed by atoms with Crippen molar-refractivity contribution in [1.29, 1.82) is 0 Å². The first-order chi connectivity index (χ1) is 9.25. The summed E-state index contributed by atoms with van der Waals surface area (Å²) in [5, 5.41) is 2.67. The molecule has 1 N–H and O–H groups in total. The monoisotopic (exact) mass is 301 g/mol. The molecule has 1 amide bonds. The van der Waals surface area contributed by atoms with Crippen LogP contribution in [0.5, 0.6) is 5.75 Å². The Bertz CT molecular complexity index is 644. The maximum Gasteiger partial charge on any atom is 0.251 e. The van der Waals surface area contributed by atoms with E-state index in [0.29, 0.717) is 6.42 Å². The van der Waals surface area contributed by atoms with Crippen molar-refractivity contribution in [3.8, 4) is 5.75 Å². The third kappa shape index (κ3) is 3.09. The molecule has 0 spiro atoms. The average molecular weight is 301 g/mol. The highest BCUT2D eigenvalue weighted by molar-refractivity contribution is 7.91. The molecule has 20 heavy (non-hydrogen) atoms. The summed E-state index contributed by atoms with van der Waals surface area (Å²) in [5.74, 6) is -1.11. The number of sulfone groups is 1. The van der Waals surface area contributed by atoms with E-state index in [1.54, 1.807) is 6.92 Å². The van der Waals surface area contributed by atoms with Gasteiger partial charge in [-0.25, -0.2) is 12.8 Å². The maximum absolute atomic E-state index is 13.5. The van der Waals surface area contributed by atoms with E-state index < -0.39 is 27.1 Å². The van der Waals surface area contributed by atoms with Crippen LogP contribution >= 0.6 is 0 Å². The van der Waals surface area contributed by atoms with Crippen molar-refractivity contribution in [2.75, 3.05) is 18.6 Å². The van der Waals surface area contributed by atoms with Gasteiger partial charge in [-0.2, -0.15) is 0 Å². The lowest BCUT2D eigenvalue weighted by Gasteiger charge is -2.23. The minimum absolute atomic E-state index is 0.0520. The molecule has 0 aromatic heterocycles. The van der Waals surface area contributed by atoms with Crippen molar-refractivity contribution < 1.29 is 22.3 Å². The molecule has 0 aliphatic carbocycles. The van der Waals surface area contributed by atoms with Crippen LogP contribution in [0.2, 0.25) is 0 Å². The van der Waals surface area contributed by atoms with Crippen LogP contribution in [0.3, 0.4) is 0 Å². The van der Waals surface area contributed by atoms with Crippen LogP contribution in [0.1, 0.15) is 23.7 Å². The summed E-state index contributed by atoms with van der Waals surface area (Å²) in [4.78, 5) is 12.1.